The molecular formula is C16H18N2O6S. The first-order chi connectivity index (χ1) is 11.8. The number of nitrogens with one attached hydrogen (secondary N) is 1. The van der Waals surface area contributed by atoms with E-state index in [0.29, 0.717) is 5.56 Å². The predicted molar refractivity (Wildman–Crippen MR) is 91.1 cm³/mol. The first-order valence-corrected chi connectivity index (χ1v) is 9.05. The number of rotatable bonds is 8. The molecule has 2 aromatic carbocycles. The molecule has 8 nitrogen and oxygen atoms in total. The third-order valence-electron chi connectivity index (χ3n) is 3.55. The van der Waals surface area contributed by atoms with Crippen molar-refractivity contribution in [1.29, 1.82) is 0 Å². The van der Waals surface area contributed by atoms with Crippen molar-refractivity contribution in [2.45, 2.75) is 17.9 Å². The first-order valence-electron chi connectivity index (χ1n) is 7.39. The summed E-state index contributed by atoms with van der Waals surface area (Å²) in [5, 5.41) is 30.4. The second kappa shape index (κ2) is 8.17. The average Bonchev–Trinajstić information content (AvgIpc) is 2.59. The van der Waals surface area contributed by atoms with Crippen molar-refractivity contribution in [1.82, 2.24) is 4.72 Å². The summed E-state index contributed by atoms with van der Waals surface area (Å²) in [6.07, 6.45) is -1.35. The van der Waals surface area contributed by atoms with Crippen molar-refractivity contribution in [2.24, 2.45) is 0 Å². The van der Waals surface area contributed by atoms with E-state index >= 15 is 0 Å². The number of nitro benzene ring substituents is 1. The van der Waals surface area contributed by atoms with Gasteiger partial charge in [0, 0.05) is 12.1 Å². The monoisotopic (exact) mass is 366 g/mol. The summed E-state index contributed by atoms with van der Waals surface area (Å²) in [5.41, 5.74) is 0.671. The van der Waals surface area contributed by atoms with Crippen molar-refractivity contribution in [3.8, 4) is 0 Å². The highest BCUT2D eigenvalue weighted by atomic mass is 32.2. The van der Waals surface area contributed by atoms with Gasteiger partial charge in [-0.1, -0.05) is 30.3 Å². The highest BCUT2D eigenvalue weighted by molar-refractivity contribution is 7.88. The third kappa shape index (κ3) is 5.33. The molecule has 9 heteroatoms. The number of aliphatic hydroxyl groups is 2. The maximum Gasteiger partial charge on any atom is 0.269 e. The van der Waals surface area contributed by atoms with Crippen LogP contribution in [0.2, 0.25) is 0 Å². The van der Waals surface area contributed by atoms with E-state index in [0.717, 1.165) is 0 Å². The molecule has 0 aliphatic heterocycles. The molecule has 0 saturated carbocycles. The van der Waals surface area contributed by atoms with E-state index in [1.54, 1.807) is 30.3 Å². The summed E-state index contributed by atoms with van der Waals surface area (Å²) in [6, 6.07) is 12.3. The molecule has 3 N–H and O–H groups in total. The first kappa shape index (κ1) is 19.0. The van der Waals surface area contributed by atoms with Crippen molar-refractivity contribution in [2.75, 3.05) is 6.61 Å². The van der Waals surface area contributed by atoms with Crippen LogP contribution >= 0.6 is 0 Å². The third-order valence-corrected chi connectivity index (χ3v) is 4.93. The van der Waals surface area contributed by atoms with Crippen LogP contribution in [0.15, 0.2) is 54.6 Å². The van der Waals surface area contributed by atoms with Crippen LogP contribution in [-0.4, -0.2) is 36.2 Å². The maximum atomic E-state index is 12.2. The number of nitrogens with zero attached hydrogens (tertiary/aromatic N) is 1. The zero-order valence-electron chi connectivity index (χ0n) is 13.1. The predicted octanol–water partition coefficient (Wildman–Crippen LogP) is 1.11. The van der Waals surface area contributed by atoms with Crippen molar-refractivity contribution in [3.05, 3.63) is 75.8 Å². The van der Waals surface area contributed by atoms with Gasteiger partial charge in [0.15, 0.2) is 0 Å². The van der Waals surface area contributed by atoms with Crippen molar-refractivity contribution < 1.29 is 23.6 Å². The molecule has 2 aromatic rings. The summed E-state index contributed by atoms with van der Waals surface area (Å²) in [5.74, 6) is -0.294. The van der Waals surface area contributed by atoms with E-state index < -0.39 is 33.7 Å². The molecular weight excluding hydrogens is 348 g/mol. The Morgan fingerprint density at radius 3 is 2.20 bits per heavy atom. The molecule has 134 valence electrons. The topological polar surface area (TPSA) is 130 Å². The Morgan fingerprint density at radius 2 is 1.68 bits per heavy atom. The minimum atomic E-state index is -3.80. The number of hydrogen-bond donors (Lipinski definition) is 3. The number of benzene rings is 2. The fraction of sp³-hybridized carbons (Fsp3) is 0.250. The fourth-order valence-corrected chi connectivity index (χ4v) is 3.67. The summed E-state index contributed by atoms with van der Waals surface area (Å²) >= 11 is 0. The van der Waals surface area contributed by atoms with E-state index in [9.17, 15) is 28.7 Å². The molecule has 0 radical (unpaired) electrons. The highest BCUT2D eigenvalue weighted by Gasteiger charge is 2.26. The van der Waals surface area contributed by atoms with Gasteiger partial charge in [-0.05, 0) is 23.3 Å². The Balaban J connectivity index is 2.11. The Kier molecular flexibility index (Phi) is 6.21. The smallest absolute Gasteiger partial charge is 0.269 e. The number of hydrogen-bond acceptors (Lipinski definition) is 6. The molecule has 0 fully saturated rings. The lowest BCUT2D eigenvalue weighted by atomic mass is 10.0. The molecule has 0 aliphatic rings. The SMILES string of the molecule is O=[N+]([O-])c1ccc([C@@H](O)[C@@H](CO)NS(=O)(=O)Cc2ccccc2)cc1. The van der Waals surface area contributed by atoms with Crippen LogP contribution in [0.5, 0.6) is 0 Å². The Hall–Kier alpha value is -2.33. The average molecular weight is 366 g/mol. The zero-order valence-corrected chi connectivity index (χ0v) is 14.0. The van der Waals surface area contributed by atoms with Gasteiger partial charge in [0.25, 0.3) is 5.69 Å². The second-order valence-electron chi connectivity index (χ2n) is 5.45. The van der Waals surface area contributed by atoms with Crippen LogP contribution in [0.1, 0.15) is 17.2 Å². The molecule has 0 aliphatic carbocycles. The van der Waals surface area contributed by atoms with Crippen molar-refractivity contribution in [3.63, 3.8) is 0 Å². The van der Waals surface area contributed by atoms with Crippen LogP contribution < -0.4 is 4.72 Å². The lowest BCUT2D eigenvalue weighted by Gasteiger charge is -2.22. The Morgan fingerprint density at radius 1 is 1.08 bits per heavy atom. The van der Waals surface area contributed by atoms with E-state index in [1.165, 1.54) is 24.3 Å². The Bertz CT molecular complexity index is 808. The van der Waals surface area contributed by atoms with Crippen LogP contribution in [0.4, 0.5) is 5.69 Å². The summed E-state index contributed by atoms with van der Waals surface area (Å²) in [6.45, 7) is -0.633. The quantitative estimate of drug-likeness (QED) is 0.474. The lowest BCUT2D eigenvalue weighted by Crippen LogP contribution is -2.42. The molecule has 0 aromatic heterocycles. The lowest BCUT2D eigenvalue weighted by molar-refractivity contribution is -0.384. The summed E-state index contributed by atoms with van der Waals surface area (Å²) < 4.78 is 26.7. The van der Waals surface area contributed by atoms with Crippen LogP contribution in [0, 0.1) is 10.1 Å². The van der Waals surface area contributed by atoms with Gasteiger partial charge >= 0.3 is 0 Å². The minimum Gasteiger partial charge on any atom is -0.395 e. The van der Waals surface area contributed by atoms with Crippen LogP contribution in [0.3, 0.4) is 0 Å². The second-order valence-corrected chi connectivity index (χ2v) is 7.20. The molecule has 0 saturated heterocycles. The van der Waals surface area contributed by atoms with Gasteiger partial charge in [-0.25, -0.2) is 13.1 Å². The normalized spacial score (nSPS) is 14.0. The standard InChI is InChI=1S/C16H18N2O6S/c19-10-15(16(20)13-6-8-14(9-7-13)18(21)22)17-25(23,24)11-12-4-2-1-3-5-12/h1-9,15-17,19-20H,10-11H2/t15-,16-/m1/s1. The number of non-ortho nitro benzene ring substituents is 1. The van der Waals surface area contributed by atoms with Crippen LogP contribution in [0.25, 0.3) is 0 Å². The maximum absolute atomic E-state index is 12.2. The van der Waals surface area contributed by atoms with Crippen LogP contribution in [-0.2, 0) is 15.8 Å². The van der Waals surface area contributed by atoms with E-state index in [-0.39, 0.29) is 17.0 Å². The molecule has 0 amide bonds. The molecule has 0 spiro atoms. The van der Waals surface area contributed by atoms with Gasteiger partial charge in [-0.2, -0.15) is 0 Å². The number of aliphatic hydroxyl groups excluding tert-OH is 2. The molecule has 0 bridgehead atoms. The molecule has 0 heterocycles. The fourth-order valence-electron chi connectivity index (χ4n) is 2.29. The van der Waals surface area contributed by atoms with E-state index in [1.807, 2.05) is 0 Å². The van der Waals surface area contributed by atoms with Gasteiger partial charge < -0.3 is 10.2 Å². The molecule has 2 atom stereocenters. The number of nitro groups is 1. The van der Waals surface area contributed by atoms with Crippen molar-refractivity contribution >= 4 is 15.7 Å². The van der Waals surface area contributed by atoms with Gasteiger partial charge in [0.1, 0.15) is 0 Å². The van der Waals surface area contributed by atoms with Gasteiger partial charge in [0.2, 0.25) is 10.0 Å². The Labute approximate surface area is 145 Å². The van der Waals surface area contributed by atoms with E-state index in [4.69, 9.17) is 0 Å². The largest absolute Gasteiger partial charge is 0.395 e. The van der Waals surface area contributed by atoms with Gasteiger partial charge in [-0.3, -0.25) is 10.1 Å². The van der Waals surface area contributed by atoms with Gasteiger partial charge in [-0.15, -0.1) is 0 Å². The van der Waals surface area contributed by atoms with E-state index in [2.05, 4.69) is 4.72 Å². The van der Waals surface area contributed by atoms with Gasteiger partial charge in [0.05, 0.1) is 29.4 Å². The molecule has 0 unspecified atom stereocenters. The number of sulfonamides is 1. The summed E-state index contributed by atoms with van der Waals surface area (Å²) in [7, 11) is -3.80. The summed E-state index contributed by atoms with van der Waals surface area (Å²) in [4.78, 5) is 10.1. The molecule has 25 heavy (non-hydrogen) atoms. The minimum absolute atomic E-state index is 0.152. The molecule has 2 rings (SSSR count). The highest BCUT2D eigenvalue weighted by Crippen LogP contribution is 2.21. The zero-order chi connectivity index (χ0) is 18.4.